The molecule has 2 aromatic carbocycles. The van der Waals surface area contributed by atoms with Crippen molar-refractivity contribution in [1.82, 2.24) is 0 Å². The van der Waals surface area contributed by atoms with Crippen LogP contribution in [0, 0.1) is 6.92 Å². The minimum Gasteiger partial charge on any atom is -0.478 e. The first-order valence-electron chi connectivity index (χ1n) is 7.49. The normalized spacial score (nSPS) is 17.2. The van der Waals surface area contributed by atoms with E-state index in [-0.39, 0.29) is 23.8 Å². The lowest BCUT2D eigenvalue weighted by Crippen LogP contribution is -2.34. The highest BCUT2D eigenvalue weighted by Gasteiger charge is 2.39. The standard InChI is InChI=1S/C18H16N2O4/c1-11-2-8-14(9-3-11)20-16(21)10-15(17(20)22)19-13-6-4-12(5-7-13)18(23)24/h2-9,15,19H,10H2,1H3,(H,23,24)/t15-/m0/s1. The fourth-order valence-electron chi connectivity index (χ4n) is 2.62. The van der Waals surface area contributed by atoms with E-state index in [0.717, 1.165) is 5.56 Å². The Kier molecular flexibility index (Phi) is 4.04. The lowest BCUT2D eigenvalue weighted by atomic mass is 10.2. The van der Waals surface area contributed by atoms with E-state index in [4.69, 9.17) is 5.11 Å². The molecule has 24 heavy (non-hydrogen) atoms. The Balaban J connectivity index is 1.76. The van der Waals surface area contributed by atoms with Gasteiger partial charge in [-0.1, -0.05) is 17.7 Å². The Morgan fingerprint density at radius 2 is 1.71 bits per heavy atom. The van der Waals surface area contributed by atoms with Gasteiger partial charge in [-0.05, 0) is 43.3 Å². The molecule has 1 fully saturated rings. The molecule has 122 valence electrons. The Labute approximate surface area is 138 Å². The smallest absolute Gasteiger partial charge is 0.335 e. The molecule has 0 radical (unpaired) electrons. The molecule has 1 heterocycles. The first kappa shape index (κ1) is 15.7. The first-order chi connectivity index (χ1) is 11.5. The molecule has 1 saturated heterocycles. The van der Waals surface area contributed by atoms with Gasteiger partial charge in [0.25, 0.3) is 5.91 Å². The van der Waals surface area contributed by atoms with Gasteiger partial charge in [0.15, 0.2) is 0 Å². The van der Waals surface area contributed by atoms with Gasteiger partial charge in [0.1, 0.15) is 6.04 Å². The van der Waals surface area contributed by atoms with E-state index < -0.39 is 12.0 Å². The highest BCUT2D eigenvalue weighted by molar-refractivity contribution is 6.23. The van der Waals surface area contributed by atoms with Crippen molar-refractivity contribution >= 4 is 29.2 Å². The van der Waals surface area contributed by atoms with Gasteiger partial charge in [0.05, 0.1) is 17.7 Å². The zero-order valence-corrected chi connectivity index (χ0v) is 13.0. The molecule has 2 N–H and O–H groups in total. The van der Waals surface area contributed by atoms with E-state index in [1.165, 1.54) is 17.0 Å². The second-order valence-corrected chi connectivity index (χ2v) is 5.69. The van der Waals surface area contributed by atoms with Crippen molar-refractivity contribution in [2.24, 2.45) is 0 Å². The molecular formula is C18H16N2O4. The number of carbonyl (C=O) groups excluding carboxylic acids is 2. The second-order valence-electron chi connectivity index (χ2n) is 5.69. The monoisotopic (exact) mass is 324 g/mol. The van der Waals surface area contributed by atoms with Crippen LogP contribution in [-0.2, 0) is 9.59 Å². The Hall–Kier alpha value is -3.15. The molecule has 2 aromatic rings. The number of carbonyl (C=O) groups is 3. The van der Waals surface area contributed by atoms with Gasteiger partial charge in [-0.15, -0.1) is 0 Å². The number of benzene rings is 2. The van der Waals surface area contributed by atoms with Crippen molar-refractivity contribution in [3.05, 3.63) is 59.7 Å². The zero-order chi connectivity index (χ0) is 17.3. The van der Waals surface area contributed by atoms with Crippen LogP contribution in [0.25, 0.3) is 0 Å². The van der Waals surface area contributed by atoms with Gasteiger partial charge < -0.3 is 10.4 Å². The van der Waals surface area contributed by atoms with Crippen LogP contribution in [0.3, 0.4) is 0 Å². The van der Waals surface area contributed by atoms with E-state index in [0.29, 0.717) is 11.4 Å². The Bertz CT molecular complexity index is 797. The summed E-state index contributed by atoms with van der Waals surface area (Å²) in [4.78, 5) is 36.8. The van der Waals surface area contributed by atoms with E-state index in [9.17, 15) is 14.4 Å². The average molecular weight is 324 g/mol. The summed E-state index contributed by atoms with van der Waals surface area (Å²) >= 11 is 0. The van der Waals surface area contributed by atoms with Gasteiger partial charge in [-0.2, -0.15) is 0 Å². The van der Waals surface area contributed by atoms with Crippen molar-refractivity contribution < 1.29 is 19.5 Å². The predicted octanol–water partition coefficient (Wildman–Crippen LogP) is 2.44. The number of imide groups is 1. The summed E-state index contributed by atoms with van der Waals surface area (Å²) in [5.74, 6) is -1.59. The Morgan fingerprint density at radius 3 is 2.29 bits per heavy atom. The van der Waals surface area contributed by atoms with Crippen molar-refractivity contribution in [2.45, 2.75) is 19.4 Å². The van der Waals surface area contributed by atoms with Gasteiger partial charge in [0.2, 0.25) is 5.91 Å². The molecule has 0 spiro atoms. The maximum absolute atomic E-state index is 12.5. The topological polar surface area (TPSA) is 86.7 Å². The number of anilines is 2. The predicted molar refractivity (Wildman–Crippen MR) is 89.1 cm³/mol. The molecule has 1 atom stereocenters. The molecule has 6 nitrogen and oxygen atoms in total. The van der Waals surface area contributed by atoms with Crippen molar-refractivity contribution in [1.29, 1.82) is 0 Å². The number of nitrogens with zero attached hydrogens (tertiary/aromatic N) is 1. The number of carboxylic acids is 1. The van der Waals surface area contributed by atoms with Crippen LogP contribution in [0.1, 0.15) is 22.3 Å². The number of rotatable bonds is 4. The molecule has 0 saturated carbocycles. The number of hydrogen-bond acceptors (Lipinski definition) is 4. The number of aromatic carboxylic acids is 1. The fourth-order valence-corrected chi connectivity index (χ4v) is 2.62. The first-order valence-corrected chi connectivity index (χ1v) is 7.49. The van der Waals surface area contributed by atoms with E-state index >= 15 is 0 Å². The van der Waals surface area contributed by atoms with Crippen LogP contribution < -0.4 is 10.2 Å². The maximum atomic E-state index is 12.5. The summed E-state index contributed by atoms with van der Waals surface area (Å²) in [7, 11) is 0. The van der Waals surface area contributed by atoms with Crippen molar-refractivity contribution in [3.63, 3.8) is 0 Å². The minimum atomic E-state index is -1.01. The summed E-state index contributed by atoms with van der Waals surface area (Å²) in [6.45, 7) is 1.93. The van der Waals surface area contributed by atoms with Crippen LogP contribution in [0.5, 0.6) is 0 Å². The summed E-state index contributed by atoms with van der Waals surface area (Å²) in [5, 5.41) is 11.9. The Morgan fingerprint density at radius 1 is 1.08 bits per heavy atom. The third kappa shape index (κ3) is 2.99. The number of nitrogens with one attached hydrogen (secondary N) is 1. The molecular weight excluding hydrogens is 308 g/mol. The lowest BCUT2D eigenvalue weighted by Gasteiger charge is -2.16. The van der Waals surface area contributed by atoms with Gasteiger partial charge in [0, 0.05) is 5.69 Å². The molecule has 1 aliphatic rings. The van der Waals surface area contributed by atoms with Crippen LogP contribution >= 0.6 is 0 Å². The van der Waals surface area contributed by atoms with E-state index in [1.54, 1.807) is 24.3 Å². The molecule has 0 aliphatic carbocycles. The van der Waals surface area contributed by atoms with Gasteiger partial charge in [-0.25, -0.2) is 9.69 Å². The summed E-state index contributed by atoms with van der Waals surface area (Å²) in [6.07, 6.45) is 0.0629. The number of carboxylic acid groups (broad SMARTS) is 1. The third-order valence-electron chi connectivity index (χ3n) is 3.91. The lowest BCUT2D eigenvalue weighted by molar-refractivity contribution is -0.121. The molecule has 3 rings (SSSR count). The molecule has 2 amide bonds. The molecule has 1 aliphatic heterocycles. The van der Waals surface area contributed by atoms with Crippen LogP contribution in [-0.4, -0.2) is 28.9 Å². The number of aryl methyl sites for hydroxylation is 1. The largest absolute Gasteiger partial charge is 0.478 e. The highest BCUT2D eigenvalue weighted by Crippen LogP contribution is 2.25. The van der Waals surface area contributed by atoms with E-state index in [1.807, 2.05) is 19.1 Å². The molecule has 0 aromatic heterocycles. The fraction of sp³-hybridized carbons (Fsp3) is 0.167. The summed E-state index contributed by atoms with van der Waals surface area (Å²) in [6, 6.07) is 12.6. The minimum absolute atomic E-state index is 0.0629. The van der Waals surface area contributed by atoms with Crippen molar-refractivity contribution in [3.8, 4) is 0 Å². The highest BCUT2D eigenvalue weighted by atomic mass is 16.4. The number of amides is 2. The van der Waals surface area contributed by atoms with Gasteiger partial charge in [-0.3, -0.25) is 9.59 Å². The van der Waals surface area contributed by atoms with Crippen LogP contribution in [0.15, 0.2) is 48.5 Å². The van der Waals surface area contributed by atoms with Crippen molar-refractivity contribution in [2.75, 3.05) is 10.2 Å². The SMILES string of the molecule is Cc1ccc(N2C(=O)C[C@H](Nc3ccc(C(=O)O)cc3)C2=O)cc1. The average Bonchev–Trinajstić information content (AvgIpc) is 2.83. The van der Waals surface area contributed by atoms with Crippen LogP contribution in [0.2, 0.25) is 0 Å². The third-order valence-corrected chi connectivity index (χ3v) is 3.91. The zero-order valence-electron chi connectivity index (χ0n) is 13.0. The van der Waals surface area contributed by atoms with Crippen LogP contribution in [0.4, 0.5) is 11.4 Å². The molecule has 6 heteroatoms. The number of hydrogen-bond donors (Lipinski definition) is 2. The molecule has 0 unspecified atom stereocenters. The maximum Gasteiger partial charge on any atom is 0.335 e. The molecule has 0 bridgehead atoms. The van der Waals surface area contributed by atoms with E-state index in [2.05, 4.69) is 5.32 Å². The summed E-state index contributed by atoms with van der Waals surface area (Å²) < 4.78 is 0. The summed E-state index contributed by atoms with van der Waals surface area (Å²) in [5.41, 5.74) is 2.36. The van der Waals surface area contributed by atoms with Gasteiger partial charge >= 0.3 is 5.97 Å². The quantitative estimate of drug-likeness (QED) is 0.844. The second kappa shape index (κ2) is 6.16.